The maximum Gasteiger partial charge on any atom is 0.316 e. The van der Waals surface area contributed by atoms with E-state index >= 15 is 0 Å². The number of hydrogen-bond donors (Lipinski definition) is 0. The Morgan fingerprint density at radius 1 is 1.80 bits per heavy atom. The zero-order valence-corrected chi connectivity index (χ0v) is 7.24. The second-order valence-electron chi connectivity index (χ2n) is 1.38. The molecule has 0 unspecified atom stereocenters. The van der Waals surface area contributed by atoms with Crippen LogP contribution in [0, 0.1) is 0 Å². The normalized spacial score (nSPS) is 10.2. The largest absolute Gasteiger partial charge is 0.465 e. The summed E-state index contributed by atoms with van der Waals surface area (Å²) in [5.41, 5.74) is 1.36. The molecule has 0 atom stereocenters. The lowest BCUT2D eigenvalue weighted by Gasteiger charge is -1.96. The lowest BCUT2D eigenvalue weighted by atomic mass is 10.8. The van der Waals surface area contributed by atoms with E-state index in [9.17, 15) is 4.79 Å². The SMILES string of the molecule is CCOC(=O)CS/C=C/Cl. The van der Waals surface area contributed by atoms with Gasteiger partial charge in [0.05, 0.1) is 12.4 Å². The van der Waals surface area contributed by atoms with E-state index in [0.29, 0.717) is 12.4 Å². The summed E-state index contributed by atoms with van der Waals surface area (Å²) in [4.78, 5) is 10.6. The van der Waals surface area contributed by atoms with E-state index in [0.717, 1.165) is 0 Å². The van der Waals surface area contributed by atoms with Crippen molar-refractivity contribution in [3.05, 3.63) is 10.9 Å². The van der Waals surface area contributed by atoms with Crippen molar-refractivity contribution in [2.45, 2.75) is 6.92 Å². The third kappa shape index (κ3) is 5.98. The molecule has 0 bridgehead atoms. The molecule has 58 valence electrons. The number of rotatable bonds is 4. The molecule has 0 aliphatic heterocycles. The molecule has 2 nitrogen and oxygen atoms in total. The van der Waals surface area contributed by atoms with Crippen LogP contribution in [0.5, 0.6) is 0 Å². The number of thioether (sulfide) groups is 1. The molecule has 0 aliphatic rings. The van der Waals surface area contributed by atoms with E-state index < -0.39 is 0 Å². The molecule has 0 aromatic rings. The van der Waals surface area contributed by atoms with Crippen LogP contribution in [0.15, 0.2) is 10.9 Å². The van der Waals surface area contributed by atoms with E-state index in [1.54, 1.807) is 12.3 Å². The van der Waals surface area contributed by atoms with Crippen LogP contribution in [0.2, 0.25) is 0 Å². The predicted octanol–water partition coefficient (Wildman–Crippen LogP) is 1.99. The van der Waals surface area contributed by atoms with E-state index in [1.807, 2.05) is 0 Å². The summed E-state index contributed by atoms with van der Waals surface area (Å²) < 4.78 is 4.65. The highest BCUT2D eigenvalue weighted by atomic mass is 35.5. The maximum atomic E-state index is 10.6. The van der Waals surface area contributed by atoms with Gasteiger partial charge in [0, 0.05) is 5.54 Å². The number of halogens is 1. The third-order valence-electron chi connectivity index (χ3n) is 0.654. The van der Waals surface area contributed by atoms with E-state index in [1.165, 1.54) is 17.3 Å². The standard InChI is InChI=1S/C6H9ClO2S/c1-2-9-6(8)5-10-4-3-7/h3-4H,2,5H2,1H3/b4-3+. The Morgan fingerprint density at radius 2 is 2.50 bits per heavy atom. The topological polar surface area (TPSA) is 26.3 Å². The van der Waals surface area contributed by atoms with Crippen molar-refractivity contribution in [2.24, 2.45) is 0 Å². The van der Waals surface area contributed by atoms with Crippen molar-refractivity contribution in [3.63, 3.8) is 0 Å². The first-order valence-corrected chi connectivity index (χ1v) is 4.32. The summed E-state index contributed by atoms with van der Waals surface area (Å²) in [6.07, 6.45) is 0. The van der Waals surface area contributed by atoms with Gasteiger partial charge in [-0.3, -0.25) is 4.79 Å². The first-order valence-electron chi connectivity index (χ1n) is 2.83. The van der Waals surface area contributed by atoms with Crippen LogP contribution in [-0.4, -0.2) is 18.3 Å². The second-order valence-corrected chi connectivity index (χ2v) is 2.52. The minimum atomic E-state index is -0.206. The van der Waals surface area contributed by atoms with Gasteiger partial charge in [-0.2, -0.15) is 0 Å². The molecule has 0 rings (SSSR count). The summed E-state index contributed by atoms with van der Waals surface area (Å²) in [5.74, 6) is 0.124. The maximum absolute atomic E-state index is 10.6. The summed E-state index contributed by atoms with van der Waals surface area (Å²) >= 11 is 6.52. The molecule has 0 spiro atoms. The number of carbonyl (C=O) groups excluding carboxylic acids is 1. The van der Waals surface area contributed by atoms with Gasteiger partial charge in [-0.25, -0.2) is 0 Å². The zero-order chi connectivity index (χ0) is 7.82. The summed E-state index contributed by atoms with van der Waals surface area (Å²) in [5, 5.41) is 1.64. The second kappa shape index (κ2) is 6.96. The molecule has 10 heavy (non-hydrogen) atoms. The summed E-state index contributed by atoms with van der Waals surface area (Å²) in [7, 11) is 0. The molecule has 0 radical (unpaired) electrons. The van der Waals surface area contributed by atoms with E-state index in [2.05, 4.69) is 4.74 Å². The number of hydrogen-bond acceptors (Lipinski definition) is 3. The highest BCUT2D eigenvalue weighted by Crippen LogP contribution is 2.02. The fourth-order valence-electron chi connectivity index (χ4n) is 0.355. The Hall–Kier alpha value is -0.150. The molecule has 0 aromatic heterocycles. The Balaban J connectivity index is 3.21. The number of ether oxygens (including phenoxy) is 1. The van der Waals surface area contributed by atoms with Crippen molar-refractivity contribution < 1.29 is 9.53 Å². The molecule has 0 aliphatic carbocycles. The van der Waals surface area contributed by atoms with Gasteiger partial charge in [-0.05, 0) is 12.3 Å². The van der Waals surface area contributed by atoms with Crippen LogP contribution in [0.1, 0.15) is 6.92 Å². The van der Waals surface area contributed by atoms with Crippen molar-refractivity contribution in [2.75, 3.05) is 12.4 Å². The van der Waals surface area contributed by atoms with Gasteiger partial charge in [-0.1, -0.05) is 11.6 Å². The van der Waals surface area contributed by atoms with Gasteiger partial charge < -0.3 is 4.74 Å². The van der Waals surface area contributed by atoms with Gasteiger partial charge >= 0.3 is 5.97 Å². The minimum Gasteiger partial charge on any atom is -0.465 e. The molecular formula is C6H9ClO2S. The molecule has 0 fully saturated rings. The fourth-order valence-corrected chi connectivity index (χ4v) is 0.962. The summed E-state index contributed by atoms with van der Waals surface area (Å²) in [6, 6.07) is 0. The van der Waals surface area contributed by atoms with E-state index in [4.69, 9.17) is 11.6 Å². The fraction of sp³-hybridized carbons (Fsp3) is 0.500. The van der Waals surface area contributed by atoms with Crippen molar-refractivity contribution >= 4 is 29.3 Å². The Labute approximate surface area is 69.6 Å². The van der Waals surface area contributed by atoms with Gasteiger partial charge in [0.25, 0.3) is 0 Å². The molecule has 0 N–H and O–H groups in total. The van der Waals surface area contributed by atoms with Gasteiger partial charge in [0.15, 0.2) is 0 Å². The molecule has 0 heterocycles. The molecule has 0 saturated carbocycles. The van der Waals surface area contributed by atoms with Crippen LogP contribution in [0.3, 0.4) is 0 Å². The third-order valence-corrected chi connectivity index (χ3v) is 1.66. The van der Waals surface area contributed by atoms with E-state index in [-0.39, 0.29) is 5.97 Å². The zero-order valence-electron chi connectivity index (χ0n) is 5.67. The highest BCUT2D eigenvalue weighted by molar-refractivity contribution is 8.02. The Bertz CT molecular complexity index is 125. The quantitative estimate of drug-likeness (QED) is 0.619. The summed E-state index contributed by atoms with van der Waals surface area (Å²) in [6.45, 7) is 2.21. The average Bonchev–Trinajstić information content (AvgIpc) is 1.89. The smallest absolute Gasteiger partial charge is 0.316 e. The minimum absolute atomic E-state index is 0.206. The number of esters is 1. The van der Waals surface area contributed by atoms with Crippen molar-refractivity contribution in [1.82, 2.24) is 0 Å². The molecule has 0 amide bonds. The first kappa shape index (κ1) is 9.85. The highest BCUT2D eigenvalue weighted by Gasteiger charge is 1.97. The molecule has 0 aromatic carbocycles. The van der Waals surface area contributed by atoms with Crippen molar-refractivity contribution in [1.29, 1.82) is 0 Å². The predicted molar refractivity (Wildman–Crippen MR) is 44.1 cm³/mol. The first-order chi connectivity index (χ1) is 4.81. The van der Waals surface area contributed by atoms with Gasteiger partial charge in [-0.15, -0.1) is 11.8 Å². The Morgan fingerprint density at radius 3 is 3.00 bits per heavy atom. The van der Waals surface area contributed by atoms with Gasteiger partial charge in [0.1, 0.15) is 0 Å². The van der Waals surface area contributed by atoms with Crippen LogP contribution >= 0.6 is 23.4 Å². The van der Waals surface area contributed by atoms with Crippen molar-refractivity contribution in [3.8, 4) is 0 Å². The van der Waals surface area contributed by atoms with Crippen LogP contribution in [0.25, 0.3) is 0 Å². The molecular weight excluding hydrogens is 172 g/mol. The average molecular weight is 181 g/mol. The lowest BCUT2D eigenvalue weighted by molar-refractivity contribution is -0.139. The van der Waals surface area contributed by atoms with Crippen LogP contribution in [0.4, 0.5) is 0 Å². The lowest BCUT2D eigenvalue weighted by Crippen LogP contribution is -2.05. The van der Waals surface area contributed by atoms with Crippen LogP contribution < -0.4 is 0 Å². The number of carbonyl (C=O) groups is 1. The monoisotopic (exact) mass is 180 g/mol. The van der Waals surface area contributed by atoms with Crippen LogP contribution in [-0.2, 0) is 9.53 Å². The van der Waals surface area contributed by atoms with Gasteiger partial charge in [0.2, 0.25) is 0 Å². The Kier molecular flexibility index (Phi) is 6.86. The molecule has 0 saturated heterocycles. The molecule has 4 heteroatoms.